The highest BCUT2D eigenvalue weighted by atomic mass is 35.5. The van der Waals surface area contributed by atoms with Crippen LogP contribution in [0.5, 0.6) is 0 Å². The van der Waals surface area contributed by atoms with E-state index in [9.17, 15) is 0 Å². The zero-order valence-corrected chi connectivity index (χ0v) is 13.0. The smallest absolute Gasteiger partial charge is 0.101 e. The Hall–Kier alpha value is -2.71. The summed E-state index contributed by atoms with van der Waals surface area (Å²) in [5.41, 5.74) is 6.57. The summed E-state index contributed by atoms with van der Waals surface area (Å²) in [4.78, 5) is 0. The number of rotatable bonds is 2. The van der Waals surface area contributed by atoms with Crippen molar-refractivity contribution >= 4 is 23.5 Å². The molecule has 0 bridgehead atoms. The lowest BCUT2D eigenvalue weighted by Crippen LogP contribution is -1.97. The van der Waals surface area contributed by atoms with E-state index in [1.54, 1.807) is 6.21 Å². The second kappa shape index (κ2) is 5.82. The standard InChI is InChI=1S/C20H13ClN2/c21-15-11-9-14(10-12-15)13-22-23-20-18-7-3-1-5-16(18)17-6-2-4-8-19(17)20/h1-13H. The summed E-state index contributed by atoms with van der Waals surface area (Å²) >= 11 is 5.89. The molecule has 0 fully saturated rings. The Morgan fingerprint density at radius 3 is 1.74 bits per heavy atom. The monoisotopic (exact) mass is 316 g/mol. The van der Waals surface area contributed by atoms with Gasteiger partial charge in [-0.25, -0.2) is 0 Å². The maximum absolute atomic E-state index is 5.89. The molecule has 0 heterocycles. The molecule has 0 atom stereocenters. The topological polar surface area (TPSA) is 24.7 Å². The van der Waals surface area contributed by atoms with Crippen molar-refractivity contribution < 1.29 is 0 Å². The van der Waals surface area contributed by atoms with Crippen molar-refractivity contribution in [1.29, 1.82) is 0 Å². The van der Waals surface area contributed by atoms with E-state index in [0.29, 0.717) is 5.02 Å². The largest absolute Gasteiger partial charge is 0.158 e. The number of fused-ring (bicyclic) bond motifs is 3. The summed E-state index contributed by atoms with van der Waals surface area (Å²) in [5.74, 6) is 0. The molecule has 110 valence electrons. The number of benzene rings is 3. The van der Waals surface area contributed by atoms with Crippen LogP contribution in [0.4, 0.5) is 0 Å². The molecule has 0 N–H and O–H groups in total. The highest BCUT2D eigenvalue weighted by Gasteiger charge is 2.23. The van der Waals surface area contributed by atoms with Gasteiger partial charge in [-0.3, -0.25) is 0 Å². The molecule has 1 aliphatic rings. The lowest BCUT2D eigenvalue weighted by atomic mass is 10.1. The summed E-state index contributed by atoms with van der Waals surface area (Å²) in [6.07, 6.45) is 1.74. The maximum atomic E-state index is 5.89. The van der Waals surface area contributed by atoms with E-state index < -0.39 is 0 Å². The molecule has 0 aromatic heterocycles. The van der Waals surface area contributed by atoms with E-state index in [4.69, 9.17) is 11.6 Å². The molecule has 3 heteroatoms. The summed E-state index contributed by atoms with van der Waals surface area (Å²) < 4.78 is 0. The van der Waals surface area contributed by atoms with Gasteiger partial charge in [0.15, 0.2) is 0 Å². The first-order valence-electron chi connectivity index (χ1n) is 7.39. The molecule has 0 unspecified atom stereocenters. The fraction of sp³-hybridized carbons (Fsp3) is 0. The molecule has 1 aliphatic carbocycles. The molecule has 0 aliphatic heterocycles. The van der Waals surface area contributed by atoms with Crippen molar-refractivity contribution in [2.24, 2.45) is 10.2 Å². The quantitative estimate of drug-likeness (QED) is 0.359. The van der Waals surface area contributed by atoms with E-state index in [2.05, 4.69) is 46.6 Å². The molecular formula is C20H13ClN2. The van der Waals surface area contributed by atoms with E-state index in [1.165, 1.54) is 11.1 Å². The van der Waals surface area contributed by atoms with Gasteiger partial charge in [-0.1, -0.05) is 72.3 Å². The maximum Gasteiger partial charge on any atom is 0.101 e. The molecule has 4 rings (SSSR count). The van der Waals surface area contributed by atoms with E-state index >= 15 is 0 Å². The molecule has 3 aromatic rings. The third kappa shape index (κ3) is 2.58. The Morgan fingerprint density at radius 1 is 0.652 bits per heavy atom. The summed E-state index contributed by atoms with van der Waals surface area (Å²) in [6, 6.07) is 24.1. The zero-order chi connectivity index (χ0) is 15.6. The second-order valence-corrected chi connectivity index (χ2v) is 5.77. The van der Waals surface area contributed by atoms with Crippen LogP contribution < -0.4 is 0 Å². The van der Waals surface area contributed by atoms with E-state index in [1.807, 2.05) is 36.4 Å². The van der Waals surface area contributed by atoms with Gasteiger partial charge in [0.05, 0.1) is 6.21 Å². The van der Waals surface area contributed by atoms with Crippen LogP contribution in [0.2, 0.25) is 5.02 Å². The summed E-state index contributed by atoms with van der Waals surface area (Å²) in [7, 11) is 0. The Bertz CT molecular complexity index is 877. The van der Waals surface area contributed by atoms with Crippen LogP contribution >= 0.6 is 11.6 Å². The number of nitrogens with zero attached hydrogens (tertiary/aromatic N) is 2. The molecule has 23 heavy (non-hydrogen) atoms. The van der Waals surface area contributed by atoms with Crippen LogP contribution in [0.3, 0.4) is 0 Å². The molecule has 2 nitrogen and oxygen atoms in total. The molecule has 0 saturated carbocycles. The van der Waals surface area contributed by atoms with Crippen LogP contribution in [-0.4, -0.2) is 11.9 Å². The minimum atomic E-state index is 0.715. The van der Waals surface area contributed by atoms with Crippen LogP contribution in [-0.2, 0) is 0 Å². The van der Waals surface area contributed by atoms with Crippen LogP contribution in [0.25, 0.3) is 11.1 Å². The van der Waals surface area contributed by atoms with Gasteiger partial charge in [0, 0.05) is 16.1 Å². The number of hydrogen-bond acceptors (Lipinski definition) is 2. The lowest BCUT2D eigenvalue weighted by molar-refractivity contribution is 1.25. The van der Waals surface area contributed by atoms with Crippen molar-refractivity contribution in [3.63, 3.8) is 0 Å². The lowest BCUT2D eigenvalue weighted by Gasteiger charge is -1.98. The Labute approximate surface area is 139 Å². The van der Waals surface area contributed by atoms with Crippen molar-refractivity contribution in [3.05, 3.63) is 94.5 Å². The van der Waals surface area contributed by atoms with Crippen LogP contribution in [0.15, 0.2) is 83.0 Å². The van der Waals surface area contributed by atoms with Gasteiger partial charge >= 0.3 is 0 Å². The first kappa shape index (κ1) is 13.9. The third-order valence-corrected chi connectivity index (χ3v) is 4.14. The average molecular weight is 317 g/mol. The number of hydrogen-bond donors (Lipinski definition) is 0. The van der Waals surface area contributed by atoms with Gasteiger partial charge in [0.1, 0.15) is 5.71 Å². The zero-order valence-electron chi connectivity index (χ0n) is 12.3. The fourth-order valence-electron chi connectivity index (χ4n) is 2.80. The van der Waals surface area contributed by atoms with E-state index in [-0.39, 0.29) is 0 Å². The molecule has 0 saturated heterocycles. The molecule has 0 radical (unpaired) electrons. The fourth-order valence-corrected chi connectivity index (χ4v) is 2.93. The van der Waals surface area contributed by atoms with Gasteiger partial charge in [-0.15, -0.1) is 5.10 Å². The van der Waals surface area contributed by atoms with Crippen molar-refractivity contribution in [1.82, 2.24) is 0 Å². The van der Waals surface area contributed by atoms with Crippen molar-refractivity contribution in [2.75, 3.05) is 0 Å². The predicted molar refractivity (Wildman–Crippen MR) is 96.6 cm³/mol. The SMILES string of the molecule is Clc1ccc(C=NN=C2c3ccccc3-c3ccccc32)cc1. The third-order valence-electron chi connectivity index (χ3n) is 3.89. The highest BCUT2D eigenvalue weighted by Crippen LogP contribution is 2.36. The Morgan fingerprint density at radius 2 is 1.17 bits per heavy atom. The van der Waals surface area contributed by atoms with Gasteiger partial charge in [-0.2, -0.15) is 5.10 Å². The molecule has 0 spiro atoms. The van der Waals surface area contributed by atoms with Crippen LogP contribution in [0.1, 0.15) is 16.7 Å². The molecule has 3 aromatic carbocycles. The van der Waals surface area contributed by atoms with Gasteiger partial charge in [0.2, 0.25) is 0 Å². The molecule has 0 amide bonds. The Kier molecular flexibility index (Phi) is 3.52. The van der Waals surface area contributed by atoms with Crippen LogP contribution in [0, 0.1) is 0 Å². The first-order chi connectivity index (χ1) is 11.3. The Balaban J connectivity index is 1.75. The van der Waals surface area contributed by atoms with Gasteiger partial charge < -0.3 is 0 Å². The van der Waals surface area contributed by atoms with Gasteiger partial charge in [-0.05, 0) is 28.8 Å². The minimum absolute atomic E-state index is 0.715. The minimum Gasteiger partial charge on any atom is -0.158 e. The van der Waals surface area contributed by atoms with Gasteiger partial charge in [0.25, 0.3) is 0 Å². The predicted octanol–water partition coefficient (Wildman–Crippen LogP) is 5.19. The second-order valence-electron chi connectivity index (χ2n) is 5.34. The van der Waals surface area contributed by atoms with Crippen molar-refractivity contribution in [3.8, 4) is 11.1 Å². The first-order valence-corrected chi connectivity index (χ1v) is 7.76. The highest BCUT2D eigenvalue weighted by molar-refractivity contribution is 6.30. The summed E-state index contributed by atoms with van der Waals surface area (Å²) in [6.45, 7) is 0. The summed E-state index contributed by atoms with van der Waals surface area (Å²) in [5, 5.41) is 9.46. The average Bonchev–Trinajstić information content (AvgIpc) is 2.91. The molecular weight excluding hydrogens is 304 g/mol. The number of halogens is 1. The van der Waals surface area contributed by atoms with E-state index in [0.717, 1.165) is 22.4 Å². The normalized spacial score (nSPS) is 12.3. The van der Waals surface area contributed by atoms with Crippen molar-refractivity contribution in [2.45, 2.75) is 0 Å².